The molecular weight excluding hydrogens is 390 g/mol. The van der Waals surface area contributed by atoms with Gasteiger partial charge in [0.25, 0.3) is 0 Å². The number of hydrogen-bond donors (Lipinski definition) is 1. The summed E-state index contributed by atoms with van der Waals surface area (Å²) < 4.78 is 15.6. The van der Waals surface area contributed by atoms with Gasteiger partial charge in [-0.1, -0.05) is 0 Å². The topological polar surface area (TPSA) is 66.1 Å². The van der Waals surface area contributed by atoms with Gasteiger partial charge < -0.3 is 14.8 Å². The maximum Gasteiger partial charge on any atom is 0.165 e. The number of benzene rings is 1. The molecule has 4 heterocycles. The minimum atomic E-state index is 0. The minimum Gasteiger partial charge on any atom is -0.491 e. The zero-order valence-electron chi connectivity index (χ0n) is 16.3. The van der Waals surface area contributed by atoms with E-state index in [0.717, 1.165) is 68.5 Å². The zero-order chi connectivity index (χ0) is 18.8. The number of rotatable bonds is 5. The summed E-state index contributed by atoms with van der Waals surface area (Å²) in [6.45, 7) is 4.30. The number of ether oxygens (including phenoxy) is 2. The van der Waals surface area contributed by atoms with Gasteiger partial charge in [0, 0.05) is 37.8 Å². The van der Waals surface area contributed by atoms with Crippen molar-refractivity contribution < 1.29 is 9.47 Å². The molecule has 0 radical (unpaired) electrons. The third-order valence-corrected chi connectivity index (χ3v) is 5.34. The summed E-state index contributed by atoms with van der Waals surface area (Å²) in [6, 6.07) is 10.2. The highest BCUT2D eigenvalue weighted by Gasteiger charge is 2.17. The molecule has 1 saturated heterocycles. The Hall–Kier alpha value is -2.35. The predicted molar refractivity (Wildman–Crippen MR) is 113 cm³/mol. The molecule has 154 valence electrons. The highest BCUT2D eigenvalue weighted by atomic mass is 35.5. The molecule has 0 aliphatic carbocycles. The Kier molecular flexibility index (Phi) is 6.18. The summed E-state index contributed by atoms with van der Waals surface area (Å²) in [5.41, 5.74) is 3.15. The Balaban J connectivity index is 0.00000205. The molecule has 1 atom stereocenters. The van der Waals surface area contributed by atoms with Crippen molar-refractivity contribution in [1.82, 2.24) is 24.6 Å². The molecule has 2 aromatic heterocycles. The van der Waals surface area contributed by atoms with Crippen LogP contribution in [0.2, 0.25) is 0 Å². The summed E-state index contributed by atoms with van der Waals surface area (Å²) in [5, 5.41) is 8.22. The number of nitrogens with one attached hydrogen (secondary N) is 1. The van der Waals surface area contributed by atoms with Crippen LogP contribution in [0.5, 0.6) is 5.75 Å². The quantitative estimate of drug-likeness (QED) is 0.693. The number of halogens is 1. The van der Waals surface area contributed by atoms with Gasteiger partial charge in [-0.25, -0.2) is 4.98 Å². The standard InChI is InChI=1S/C21H25N5O2.ClH/c1-3-19(27-12-1)15-28-18-6-4-16(5-7-18)25-11-9-23-21(25)20-13-17-14-22-8-2-10-26(17)24-20;/h4-7,9,11,13,19,22H,1-3,8,10,12,14-15H2;1H. The molecule has 1 N–H and O–H groups in total. The number of imidazole rings is 1. The lowest BCUT2D eigenvalue weighted by Crippen LogP contribution is -2.16. The van der Waals surface area contributed by atoms with Gasteiger partial charge in [-0.3, -0.25) is 9.25 Å². The molecule has 0 amide bonds. The van der Waals surface area contributed by atoms with E-state index in [1.54, 1.807) is 0 Å². The van der Waals surface area contributed by atoms with Gasteiger partial charge in [-0.15, -0.1) is 12.4 Å². The van der Waals surface area contributed by atoms with Crippen LogP contribution in [0.1, 0.15) is 25.0 Å². The molecule has 5 rings (SSSR count). The first-order valence-electron chi connectivity index (χ1n) is 10.0. The van der Waals surface area contributed by atoms with Crippen molar-refractivity contribution in [2.24, 2.45) is 0 Å². The minimum absolute atomic E-state index is 0. The van der Waals surface area contributed by atoms with Crippen LogP contribution < -0.4 is 10.1 Å². The molecule has 0 spiro atoms. The Labute approximate surface area is 176 Å². The number of fused-ring (bicyclic) bond motifs is 1. The van der Waals surface area contributed by atoms with E-state index in [2.05, 4.69) is 37.7 Å². The average molecular weight is 416 g/mol. The fourth-order valence-electron chi connectivity index (χ4n) is 3.84. The number of nitrogens with zero attached hydrogens (tertiary/aromatic N) is 4. The van der Waals surface area contributed by atoms with Crippen LogP contribution in [-0.4, -0.2) is 45.2 Å². The van der Waals surface area contributed by atoms with Gasteiger partial charge in [-0.05, 0) is 56.1 Å². The van der Waals surface area contributed by atoms with Gasteiger partial charge in [0.05, 0.1) is 11.8 Å². The molecule has 3 aromatic rings. The van der Waals surface area contributed by atoms with E-state index in [-0.39, 0.29) is 18.5 Å². The molecule has 8 heteroatoms. The summed E-state index contributed by atoms with van der Waals surface area (Å²) in [6.07, 6.45) is 7.33. The van der Waals surface area contributed by atoms with Crippen LogP contribution in [0.25, 0.3) is 17.2 Å². The van der Waals surface area contributed by atoms with E-state index in [9.17, 15) is 0 Å². The first-order chi connectivity index (χ1) is 13.9. The van der Waals surface area contributed by atoms with Crippen LogP contribution >= 0.6 is 12.4 Å². The molecule has 0 saturated carbocycles. The summed E-state index contributed by atoms with van der Waals surface area (Å²) >= 11 is 0. The lowest BCUT2D eigenvalue weighted by atomic mass is 10.2. The first-order valence-corrected chi connectivity index (χ1v) is 10.0. The lowest BCUT2D eigenvalue weighted by Gasteiger charge is -2.12. The van der Waals surface area contributed by atoms with Gasteiger partial charge in [-0.2, -0.15) is 5.10 Å². The van der Waals surface area contributed by atoms with Crippen molar-refractivity contribution in [3.63, 3.8) is 0 Å². The highest BCUT2D eigenvalue weighted by Crippen LogP contribution is 2.24. The van der Waals surface area contributed by atoms with Crippen molar-refractivity contribution in [2.75, 3.05) is 19.8 Å². The second kappa shape index (κ2) is 8.98. The van der Waals surface area contributed by atoms with Crippen LogP contribution in [0.3, 0.4) is 0 Å². The van der Waals surface area contributed by atoms with Gasteiger partial charge in [0.2, 0.25) is 0 Å². The lowest BCUT2D eigenvalue weighted by molar-refractivity contribution is 0.0679. The van der Waals surface area contributed by atoms with Gasteiger partial charge in [0.1, 0.15) is 18.1 Å². The van der Waals surface area contributed by atoms with Crippen molar-refractivity contribution in [3.8, 4) is 23.0 Å². The van der Waals surface area contributed by atoms with Crippen LogP contribution in [0.4, 0.5) is 0 Å². The number of aromatic nitrogens is 4. The van der Waals surface area contributed by atoms with Crippen molar-refractivity contribution in [1.29, 1.82) is 0 Å². The molecule has 1 unspecified atom stereocenters. The van der Waals surface area contributed by atoms with E-state index in [1.165, 1.54) is 5.69 Å². The fourth-order valence-corrected chi connectivity index (χ4v) is 3.84. The second-order valence-electron chi connectivity index (χ2n) is 7.34. The van der Waals surface area contributed by atoms with Crippen molar-refractivity contribution in [2.45, 2.75) is 38.5 Å². The maximum absolute atomic E-state index is 5.87. The Bertz CT molecular complexity index is 907. The zero-order valence-corrected chi connectivity index (χ0v) is 17.1. The van der Waals surface area contributed by atoms with E-state index in [0.29, 0.717) is 6.61 Å². The third-order valence-electron chi connectivity index (χ3n) is 5.34. The fraction of sp³-hybridized carbons (Fsp3) is 0.429. The monoisotopic (exact) mass is 415 g/mol. The molecule has 2 aliphatic rings. The van der Waals surface area contributed by atoms with E-state index in [4.69, 9.17) is 14.6 Å². The summed E-state index contributed by atoms with van der Waals surface area (Å²) in [5.74, 6) is 1.72. The van der Waals surface area contributed by atoms with E-state index < -0.39 is 0 Å². The molecule has 1 aromatic carbocycles. The maximum atomic E-state index is 5.87. The first kappa shape index (κ1) is 19.9. The van der Waals surface area contributed by atoms with Crippen molar-refractivity contribution >= 4 is 12.4 Å². The molecule has 0 bridgehead atoms. The second-order valence-corrected chi connectivity index (χ2v) is 7.34. The Morgan fingerprint density at radius 2 is 2.10 bits per heavy atom. The number of aryl methyl sites for hydroxylation is 1. The third kappa shape index (κ3) is 4.32. The van der Waals surface area contributed by atoms with Crippen molar-refractivity contribution in [3.05, 3.63) is 48.4 Å². The summed E-state index contributed by atoms with van der Waals surface area (Å²) in [7, 11) is 0. The summed E-state index contributed by atoms with van der Waals surface area (Å²) in [4.78, 5) is 4.56. The largest absolute Gasteiger partial charge is 0.491 e. The van der Waals surface area contributed by atoms with Crippen LogP contribution in [0.15, 0.2) is 42.7 Å². The smallest absolute Gasteiger partial charge is 0.165 e. The number of hydrogen-bond acceptors (Lipinski definition) is 5. The molecule has 29 heavy (non-hydrogen) atoms. The van der Waals surface area contributed by atoms with E-state index in [1.807, 2.05) is 24.5 Å². The van der Waals surface area contributed by atoms with Crippen LogP contribution in [-0.2, 0) is 17.8 Å². The highest BCUT2D eigenvalue weighted by molar-refractivity contribution is 5.85. The molecular formula is C21H26ClN5O2. The Morgan fingerprint density at radius 3 is 2.93 bits per heavy atom. The van der Waals surface area contributed by atoms with Gasteiger partial charge in [0.15, 0.2) is 5.82 Å². The molecule has 1 fully saturated rings. The SMILES string of the molecule is Cl.c1cn(-c2ccc(OCC3CCCO3)cc2)c(-c2cc3n(n2)CCCNC3)n1. The average Bonchev–Trinajstić information content (AvgIpc) is 3.46. The van der Waals surface area contributed by atoms with E-state index >= 15 is 0 Å². The molecule has 2 aliphatic heterocycles. The van der Waals surface area contributed by atoms with Gasteiger partial charge >= 0.3 is 0 Å². The predicted octanol–water partition coefficient (Wildman–Crippen LogP) is 3.21. The van der Waals surface area contributed by atoms with Crippen LogP contribution in [0, 0.1) is 0 Å². The Morgan fingerprint density at radius 1 is 1.21 bits per heavy atom. The molecule has 7 nitrogen and oxygen atoms in total. The normalized spacial score (nSPS) is 18.7.